The van der Waals surface area contributed by atoms with Crippen molar-refractivity contribution in [1.82, 2.24) is 0 Å². The highest BCUT2D eigenvalue weighted by atomic mass is 35.5. The fraction of sp³-hybridized carbons (Fsp3) is 0.400. The van der Waals surface area contributed by atoms with E-state index < -0.39 is 0 Å². The largest absolute Gasteiger partial charge is 0.207 e. The average molecular weight is 260 g/mol. The van der Waals surface area contributed by atoms with Gasteiger partial charge in [0.05, 0.1) is 5.88 Å². The van der Waals surface area contributed by atoms with Crippen LogP contribution >= 0.6 is 34.8 Å². The van der Waals surface area contributed by atoms with Gasteiger partial charge in [0.25, 0.3) is 0 Å². The lowest BCUT2D eigenvalue weighted by atomic mass is 10.2. The van der Waals surface area contributed by atoms with E-state index in [1.165, 1.54) is 12.4 Å². The standard InChI is InChI=1S/C7H5Cl2F.C2H6.CH3Cl/c8-4-5-6(9)2-1-3-7(5)10;2*1-2/h1-3H,4H2;1-2H3;1H3. The molecule has 0 aliphatic rings. The van der Waals surface area contributed by atoms with E-state index in [0.29, 0.717) is 10.6 Å². The molecule has 1 aromatic carbocycles. The van der Waals surface area contributed by atoms with Gasteiger partial charge in [-0.1, -0.05) is 31.5 Å². The number of halogens is 4. The van der Waals surface area contributed by atoms with Gasteiger partial charge in [-0.2, -0.15) is 0 Å². The molecule has 0 aromatic heterocycles. The second kappa shape index (κ2) is 11.1. The van der Waals surface area contributed by atoms with E-state index >= 15 is 0 Å². The normalized spacial score (nSPS) is 7.93. The van der Waals surface area contributed by atoms with Gasteiger partial charge in [-0.15, -0.1) is 23.2 Å². The maximum absolute atomic E-state index is 12.7. The molecule has 0 fully saturated rings. The van der Waals surface area contributed by atoms with Gasteiger partial charge in [0.1, 0.15) is 5.82 Å². The molecule has 1 rings (SSSR count). The summed E-state index contributed by atoms with van der Waals surface area (Å²) in [6, 6.07) is 4.50. The van der Waals surface area contributed by atoms with E-state index in [-0.39, 0.29) is 11.7 Å². The van der Waals surface area contributed by atoms with Crippen LogP contribution in [0, 0.1) is 5.82 Å². The quantitative estimate of drug-likeness (QED) is 0.616. The molecule has 0 bridgehead atoms. The smallest absolute Gasteiger partial charge is 0.129 e. The zero-order chi connectivity index (χ0) is 11.6. The molecule has 0 heterocycles. The molecule has 0 saturated heterocycles. The minimum atomic E-state index is -0.345. The van der Waals surface area contributed by atoms with Crippen molar-refractivity contribution in [3.8, 4) is 0 Å². The molecule has 14 heavy (non-hydrogen) atoms. The Labute approximate surface area is 100.0 Å². The lowest BCUT2D eigenvalue weighted by Gasteiger charge is -1.98. The summed E-state index contributed by atoms with van der Waals surface area (Å²) in [5.41, 5.74) is 0.367. The second-order valence-electron chi connectivity index (χ2n) is 1.83. The summed E-state index contributed by atoms with van der Waals surface area (Å²) in [4.78, 5) is 0. The van der Waals surface area contributed by atoms with Crippen molar-refractivity contribution >= 4 is 34.8 Å². The van der Waals surface area contributed by atoms with Crippen LogP contribution in [0.5, 0.6) is 0 Å². The van der Waals surface area contributed by atoms with Crippen LogP contribution in [-0.2, 0) is 5.88 Å². The van der Waals surface area contributed by atoms with Crippen LogP contribution in [0.15, 0.2) is 18.2 Å². The molecule has 0 aliphatic heterocycles. The molecule has 82 valence electrons. The van der Waals surface area contributed by atoms with Crippen LogP contribution in [0.1, 0.15) is 19.4 Å². The zero-order valence-electron chi connectivity index (χ0n) is 8.45. The summed E-state index contributed by atoms with van der Waals surface area (Å²) >= 11 is 15.7. The van der Waals surface area contributed by atoms with Gasteiger partial charge in [-0.05, 0) is 12.1 Å². The lowest BCUT2D eigenvalue weighted by Crippen LogP contribution is -1.85. The predicted octanol–water partition coefficient (Wildman–Crippen LogP) is 5.10. The second-order valence-corrected chi connectivity index (χ2v) is 2.51. The van der Waals surface area contributed by atoms with Gasteiger partial charge in [-0.3, -0.25) is 0 Å². The van der Waals surface area contributed by atoms with E-state index in [4.69, 9.17) is 23.2 Å². The molecule has 0 aliphatic carbocycles. The molecule has 0 N–H and O–H groups in total. The third-order valence-electron chi connectivity index (χ3n) is 1.20. The van der Waals surface area contributed by atoms with Crippen LogP contribution in [0.4, 0.5) is 4.39 Å². The summed E-state index contributed by atoms with van der Waals surface area (Å²) in [7, 11) is 0. The van der Waals surface area contributed by atoms with Gasteiger partial charge >= 0.3 is 0 Å². The van der Waals surface area contributed by atoms with E-state index in [2.05, 4.69) is 11.6 Å². The maximum Gasteiger partial charge on any atom is 0.129 e. The Kier molecular flexibility index (Phi) is 13.0. The van der Waals surface area contributed by atoms with Crippen LogP contribution in [0.3, 0.4) is 0 Å². The van der Waals surface area contributed by atoms with Crippen LogP contribution < -0.4 is 0 Å². The van der Waals surface area contributed by atoms with Crippen molar-refractivity contribution in [2.75, 3.05) is 6.38 Å². The first kappa shape index (κ1) is 16.4. The van der Waals surface area contributed by atoms with Gasteiger partial charge in [-0.25, -0.2) is 4.39 Å². The van der Waals surface area contributed by atoms with Crippen molar-refractivity contribution in [3.63, 3.8) is 0 Å². The average Bonchev–Trinajstić information content (AvgIpc) is 2.24. The van der Waals surface area contributed by atoms with E-state index in [1.807, 2.05) is 13.8 Å². The minimum absolute atomic E-state index is 0.117. The number of rotatable bonds is 1. The topological polar surface area (TPSA) is 0 Å². The Balaban J connectivity index is 0. The molecule has 0 unspecified atom stereocenters. The van der Waals surface area contributed by atoms with Gasteiger partial charge in [0.2, 0.25) is 0 Å². The van der Waals surface area contributed by atoms with E-state index in [9.17, 15) is 4.39 Å². The molecule has 0 spiro atoms. The van der Waals surface area contributed by atoms with Gasteiger partial charge < -0.3 is 0 Å². The lowest BCUT2D eigenvalue weighted by molar-refractivity contribution is 0.617. The van der Waals surface area contributed by atoms with E-state index in [1.54, 1.807) is 12.1 Å². The van der Waals surface area contributed by atoms with Crippen molar-refractivity contribution in [2.24, 2.45) is 0 Å². The number of hydrogen-bond donors (Lipinski definition) is 0. The van der Waals surface area contributed by atoms with Crippen LogP contribution in [0.25, 0.3) is 0 Å². The fourth-order valence-electron chi connectivity index (χ4n) is 0.660. The number of benzene rings is 1. The highest BCUT2D eigenvalue weighted by Crippen LogP contribution is 2.20. The first-order valence-electron chi connectivity index (χ1n) is 4.12. The Morgan fingerprint density at radius 1 is 1.21 bits per heavy atom. The van der Waals surface area contributed by atoms with Gasteiger partial charge in [0.15, 0.2) is 0 Å². The molecular formula is C10H14Cl3F. The highest BCUT2D eigenvalue weighted by Gasteiger charge is 2.03. The molecule has 1 aromatic rings. The van der Waals surface area contributed by atoms with Crippen molar-refractivity contribution in [1.29, 1.82) is 0 Å². The van der Waals surface area contributed by atoms with Crippen molar-refractivity contribution < 1.29 is 4.39 Å². The molecule has 4 heteroatoms. The molecule has 0 nitrogen and oxygen atoms in total. The Hall–Kier alpha value is 0.0200. The summed E-state index contributed by atoms with van der Waals surface area (Å²) < 4.78 is 12.7. The van der Waals surface area contributed by atoms with Crippen LogP contribution in [-0.4, -0.2) is 6.38 Å². The maximum atomic E-state index is 12.7. The zero-order valence-corrected chi connectivity index (χ0v) is 10.7. The van der Waals surface area contributed by atoms with Crippen molar-refractivity contribution in [2.45, 2.75) is 19.7 Å². The summed E-state index contributed by atoms with van der Waals surface area (Å²) in [6.07, 6.45) is 1.47. The SMILES string of the molecule is CC.CCl.Fc1cccc(Cl)c1CCl. The third-order valence-corrected chi connectivity index (χ3v) is 1.82. The molecule has 0 amide bonds. The van der Waals surface area contributed by atoms with Gasteiger partial charge in [0, 0.05) is 17.0 Å². The Bertz CT molecular complexity index is 219. The molecular weight excluding hydrogens is 245 g/mol. The number of alkyl halides is 2. The molecule has 0 atom stereocenters. The third kappa shape index (κ3) is 5.69. The summed E-state index contributed by atoms with van der Waals surface area (Å²) in [5.74, 6) is -0.228. The minimum Gasteiger partial charge on any atom is -0.207 e. The Morgan fingerprint density at radius 3 is 2.00 bits per heavy atom. The molecule has 0 saturated carbocycles. The fourth-order valence-corrected chi connectivity index (χ4v) is 1.23. The predicted molar refractivity (Wildman–Crippen MR) is 64.1 cm³/mol. The van der Waals surface area contributed by atoms with Crippen molar-refractivity contribution in [3.05, 3.63) is 34.6 Å². The summed E-state index contributed by atoms with van der Waals surface area (Å²) in [6.45, 7) is 4.00. The Morgan fingerprint density at radius 2 is 1.71 bits per heavy atom. The monoisotopic (exact) mass is 258 g/mol. The highest BCUT2D eigenvalue weighted by molar-refractivity contribution is 6.32. The summed E-state index contributed by atoms with van der Waals surface area (Å²) in [5, 5.41) is 0.384. The van der Waals surface area contributed by atoms with E-state index in [0.717, 1.165) is 0 Å². The molecule has 0 radical (unpaired) electrons. The van der Waals surface area contributed by atoms with Crippen LogP contribution in [0.2, 0.25) is 5.02 Å². The first-order chi connectivity index (χ1) is 6.75. The first-order valence-corrected chi connectivity index (χ1v) is 5.79. The number of hydrogen-bond acceptors (Lipinski definition) is 0.